The predicted octanol–water partition coefficient (Wildman–Crippen LogP) is 4.59. The van der Waals surface area contributed by atoms with Gasteiger partial charge in [-0.2, -0.15) is 0 Å². The first kappa shape index (κ1) is 13.4. The molecule has 0 saturated heterocycles. The topological polar surface area (TPSA) is 12.0 Å². The highest BCUT2D eigenvalue weighted by Crippen LogP contribution is 2.34. The van der Waals surface area contributed by atoms with E-state index in [2.05, 4.69) is 60.2 Å². The van der Waals surface area contributed by atoms with Crippen LogP contribution in [-0.2, 0) is 6.54 Å². The lowest BCUT2D eigenvalue weighted by Crippen LogP contribution is -2.15. The standard InChI is InChI=1S/C14H20BrNS/c1-14(2,3)17-12-7-4-10(13(15)8-12)9-16-11-5-6-11/h4,7-8,11,16H,5-6,9H2,1-3H3. The fourth-order valence-corrected chi connectivity index (χ4v) is 3.32. The van der Waals surface area contributed by atoms with E-state index in [0.717, 1.165) is 12.6 Å². The Balaban J connectivity index is 1.99. The maximum atomic E-state index is 3.67. The molecule has 0 unspecified atom stereocenters. The Bertz CT molecular complexity index is 394. The Morgan fingerprint density at radius 3 is 2.59 bits per heavy atom. The van der Waals surface area contributed by atoms with Crippen LogP contribution in [0.15, 0.2) is 27.6 Å². The molecule has 0 amide bonds. The van der Waals surface area contributed by atoms with Gasteiger partial charge in [-0.1, -0.05) is 42.8 Å². The molecule has 0 atom stereocenters. The largest absolute Gasteiger partial charge is 0.310 e. The molecule has 1 aliphatic rings. The van der Waals surface area contributed by atoms with Crippen LogP contribution in [0.5, 0.6) is 0 Å². The molecule has 0 aromatic heterocycles. The van der Waals surface area contributed by atoms with Gasteiger partial charge in [-0.3, -0.25) is 0 Å². The first-order chi connectivity index (χ1) is 7.94. The van der Waals surface area contributed by atoms with Crippen molar-refractivity contribution in [2.24, 2.45) is 0 Å². The van der Waals surface area contributed by atoms with Gasteiger partial charge in [-0.25, -0.2) is 0 Å². The first-order valence-electron chi connectivity index (χ1n) is 6.15. The van der Waals surface area contributed by atoms with Crippen molar-refractivity contribution in [3.8, 4) is 0 Å². The third-order valence-electron chi connectivity index (χ3n) is 2.61. The molecule has 0 spiro atoms. The van der Waals surface area contributed by atoms with Crippen LogP contribution in [0.2, 0.25) is 0 Å². The molecule has 0 radical (unpaired) electrons. The van der Waals surface area contributed by atoms with E-state index in [1.54, 1.807) is 0 Å². The third kappa shape index (κ3) is 4.65. The zero-order valence-electron chi connectivity index (χ0n) is 10.7. The van der Waals surface area contributed by atoms with Crippen molar-refractivity contribution in [1.82, 2.24) is 5.32 Å². The number of benzene rings is 1. The molecule has 1 saturated carbocycles. The zero-order valence-corrected chi connectivity index (χ0v) is 13.1. The summed E-state index contributed by atoms with van der Waals surface area (Å²) in [5.74, 6) is 0. The average molecular weight is 314 g/mol. The molecule has 1 N–H and O–H groups in total. The van der Waals surface area contributed by atoms with Crippen LogP contribution in [0.3, 0.4) is 0 Å². The maximum Gasteiger partial charge on any atom is 0.0231 e. The van der Waals surface area contributed by atoms with Crippen LogP contribution in [0.25, 0.3) is 0 Å². The van der Waals surface area contributed by atoms with E-state index in [4.69, 9.17) is 0 Å². The summed E-state index contributed by atoms with van der Waals surface area (Å²) >= 11 is 5.58. The van der Waals surface area contributed by atoms with Crippen molar-refractivity contribution < 1.29 is 0 Å². The second-order valence-corrected chi connectivity index (χ2v) is 8.38. The van der Waals surface area contributed by atoms with E-state index < -0.39 is 0 Å². The number of hydrogen-bond donors (Lipinski definition) is 1. The van der Waals surface area contributed by atoms with Gasteiger partial charge in [-0.15, -0.1) is 11.8 Å². The summed E-state index contributed by atoms with van der Waals surface area (Å²) in [6.07, 6.45) is 2.69. The molecule has 94 valence electrons. The van der Waals surface area contributed by atoms with Crippen LogP contribution in [0.4, 0.5) is 0 Å². The average Bonchev–Trinajstić information content (AvgIpc) is 2.97. The van der Waals surface area contributed by atoms with Crippen molar-refractivity contribution in [2.75, 3.05) is 0 Å². The van der Waals surface area contributed by atoms with Crippen molar-refractivity contribution in [3.63, 3.8) is 0 Å². The number of halogens is 1. The van der Waals surface area contributed by atoms with Gasteiger partial charge in [0.2, 0.25) is 0 Å². The molecule has 1 nitrogen and oxygen atoms in total. The van der Waals surface area contributed by atoms with Crippen LogP contribution in [0.1, 0.15) is 39.2 Å². The molecule has 1 aliphatic carbocycles. The number of nitrogens with one attached hydrogen (secondary N) is 1. The third-order valence-corrected chi connectivity index (χ3v) is 4.45. The quantitative estimate of drug-likeness (QED) is 0.816. The summed E-state index contributed by atoms with van der Waals surface area (Å²) in [5, 5.41) is 3.54. The number of hydrogen-bond acceptors (Lipinski definition) is 2. The van der Waals surface area contributed by atoms with Crippen molar-refractivity contribution in [1.29, 1.82) is 0 Å². The molecule has 0 heterocycles. The first-order valence-corrected chi connectivity index (χ1v) is 7.76. The minimum Gasteiger partial charge on any atom is -0.310 e. The highest BCUT2D eigenvalue weighted by atomic mass is 79.9. The second kappa shape index (κ2) is 5.33. The second-order valence-electron chi connectivity index (χ2n) is 5.62. The van der Waals surface area contributed by atoms with Gasteiger partial charge in [0.1, 0.15) is 0 Å². The highest BCUT2D eigenvalue weighted by Gasteiger charge is 2.20. The summed E-state index contributed by atoms with van der Waals surface area (Å²) in [4.78, 5) is 1.33. The van der Waals surface area contributed by atoms with Crippen LogP contribution >= 0.6 is 27.7 Å². The Kier molecular flexibility index (Phi) is 4.22. The molecule has 3 heteroatoms. The maximum absolute atomic E-state index is 3.67. The van der Waals surface area contributed by atoms with Crippen LogP contribution in [-0.4, -0.2) is 10.8 Å². The molecule has 1 aromatic rings. The predicted molar refractivity (Wildman–Crippen MR) is 79.6 cm³/mol. The van der Waals surface area contributed by atoms with Gasteiger partial charge in [0.25, 0.3) is 0 Å². The van der Waals surface area contributed by atoms with Crippen molar-refractivity contribution in [2.45, 2.75) is 55.8 Å². The van der Waals surface area contributed by atoms with Crippen LogP contribution < -0.4 is 5.32 Å². The minimum absolute atomic E-state index is 0.271. The van der Waals surface area contributed by atoms with E-state index >= 15 is 0 Å². The summed E-state index contributed by atoms with van der Waals surface area (Å²) in [6.45, 7) is 7.71. The van der Waals surface area contributed by atoms with Crippen LogP contribution in [0, 0.1) is 0 Å². The summed E-state index contributed by atoms with van der Waals surface area (Å²) in [7, 11) is 0. The minimum atomic E-state index is 0.271. The fraction of sp³-hybridized carbons (Fsp3) is 0.571. The summed E-state index contributed by atoms with van der Waals surface area (Å²) in [5.41, 5.74) is 1.36. The molecule has 0 bridgehead atoms. The van der Waals surface area contributed by atoms with Gasteiger partial charge < -0.3 is 5.32 Å². The molecular formula is C14H20BrNS. The normalized spacial score (nSPS) is 16.2. The zero-order chi connectivity index (χ0) is 12.5. The van der Waals surface area contributed by atoms with E-state index in [1.807, 2.05) is 11.8 Å². The Labute approximate surface area is 117 Å². The van der Waals surface area contributed by atoms with E-state index in [1.165, 1.54) is 27.8 Å². The lowest BCUT2D eigenvalue weighted by atomic mass is 10.2. The lowest BCUT2D eigenvalue weighted by Gasteiger charge is -2.18. The smallest absolute Gasteiger partial charge is 0.0231 e. The van der Waals surface area contributed by atoms with E-state index in [0.29, 0.717) is 0 Å². The van der Waals surface area contributed by atoms with Gasteiger partial charge >= 0.3 is 0 Å². The number of thioether (sulfide) groups is 1. The highest BCUT2D eigenvalue weighted by molar-refractivity contribution is 9.10. The van der Waals surface area contributed by atoms with Gasteiger partial charge in [0, 0.05) is 26.7 Å². The summed E-state index contributed by atoms with van der Waals surface area (Å²) < 4.78 is 1.49. The molecule has 1 aromatic carbocycles. The Morgan fingerprint density at radius 2 is 2.06 bits per heavy atom. The van der Waals surface area contributed by atoms with Crippen molar-refractivity contribution >= 4 is 27.7 Å². The van der Waals surface area contributed by atoms with Crippen molar-refractivity contribution in [3.05, 3.63) is 28.2 Å². The fourth-order valence-electron chi connectivity index (χ4n) is 1.63. The summed E-state index contributed by atoms with van der Waals surface area (Å²) in [6, 6.07) is 7.46. The molecule has 2 rings (SSSR count). The lowest BCUT2D eigenvalue weighted by molar-refractivity contribution is 0.685. The molecule has 0 aliphatic heterocycles. The molecule has 1 fully saturated rings. The molecular weight excluding hydrogens is 294 g/mol. The number of rotatable bonds is 4. The monoisotopic (exact) mass is 313 g/mol. The molecule has 17 heavy (non-hydrogen) atoms. The Hall–Kier alpha value is 0.01000. The van der Waals surface area contributed by atoms with Gasteiger partial charge in [0.15, 0.2) is 0 Å². The van der Waals surface area contributed by atoms with E-state index in [9.17, 15) is 0 Å². The van der Waals surface area contributed by atoms with E-state index in [-0.39, 0.29) is 4.75 Å². The SMILES string of the molecule is CC(C)(C)Sc1ccc(CNC2CC2)c(Br)c1. The van der Waals surface area contributed by atoms with Gasteiger partial charge in [0.05, 0.1) is 0 Å². The Morgan fingerprint density at radius 1 is 1.35 bits per heavy atom. The van der Waals surface area contributed by atoms with Gasteiger partial charge in [-0.05, 0) is 30.5 Å².